The Bertz CT molecular complexity index is 324. The number of carboxylic acids is 1. The molecule has 1 unspecified atom stereocenters. The molecule has 1 atom stereocenters. The smallest absolute Gasteiger partial charge is 0.310 e. The zero-order valence-corrected chi connectivity index (χ0v) is 9.46. The van der Waals surface area contributed by atoms with Gasteiger partial charge in [-0.15, -0.1) is 11.8 Å². The predicted octanol–water partition coefficient (Wildman–Crippen LogP) is 1.93. The number of benzene rings is 1. The van der Waals surface area contributed by atoms with E-state index >= 15 is 0 Å². The van der Waals surface area contributed by atoms with Crippen molar-refractivity contribution in [1.29, 1.82) is 0 Å². The number of thioether (sulfide) groups is 1. The van der Waals surface area contributed by atoms with Crippen LogP contribution in [0.4, 0.5) is 0 Å². The molecule has 0 heterocycles. The van der Waals surface area contributed by atoms with Crippen LogP contribution in [0.25, 0.3) is 0 Å². The molecule has 0 aromatic heterocycles. The Morgan fingerprint density at radius 2 is 2.07 bits per heavy atom. The molecule has 0 saturated heterocycles. The third-order valence-corrected chi connectivity index (χ3v) is 3.18. The molecule has 3 nitrogen and oxygen atoms in total. The normalized spacial score (nSPS) is 12.4. The number of hydrogen-bond donors (Lipinski definition) is 2. The number of hydrogen-bond acceptors (Lipinski definition) is 3. The van der Waals surface area contributed by atoms with Crippen LogP contribution in [0.5, 0.6) is 0 Å². The average molecular weight is 225 g/mol. The van der Waals surface area contributed by atoms with Crippen LogP contribution in [0.1, 0.15) is 18.4 Å². The van der Waals surface area contributed by atoms with Crippen LogP contribution in [0.2, 0.25) is 0 Å². The Labute approximate surface area is 93.7 Å². The van der Waals surface area contributed by atoms with Gasteiger partial charge in [0.15, 0.2) is 0 Å². The van der Waals surface area contributed by atoms with Crippen LogP contribution >= 0.6 is 11.8 Å². The minimum Gasteiger partial charge on any atom is -0.481 e. The molecule has 0 spiro atoms. The van der Waals surface area contributed by atoms with Gasteiger partial charge in [-0.3, -0.25) is 4.79 Å². The van der Waals surface area contributed by atoms with Crippen LogP contribution in [0, 0.1) is 0 Å². The van der Waals surface area contributed by atoms with Gasteiger partial charge in [-0.05, 0) is 24.6 Å². The molecule has 3 N–H and O–H groups in total. The van der Waals surface area contributed by atoms with E-state index in [2.05, 4.69) is 0 Å². The van der Waals surface area contributed by atoms with Crippen molar-refractivity contribution < 1.29 is 9.90 Å². The van der Waals surface area contributed by atoms with E-state index in [0.717, 1.165) is 16.2 Å². The van der Waals surface area contributed by atoms with E-state index in [-0.39, 0.29) is 0 Å². The van der Waals surface area contributed by atoms with Gasteiger partial charge in [0.1, 0.15) is 0 Å². The maximum absolute atomic E-state index is 10.7. The zero-order valence-electron chi connectivity index (χ0n) is 8.64. The minimum absolute atomic E-state index is 0.446. The topological polar surface area (TPSA) is 63.3 Å². The SMILES string of the molecule is CC(C(=O)O)c1ccc(SCCN)cc1. The number of nitrogens with two attached hydrogens (primary N) is 1. The number of carboxylic acid groups (broad SMARTS) is 1. The summed E-state index contributed by atoms with van der Waals surface area (Å²) in [4.78, 5) is 11.9. The average Bonchev–Trinajstić information content (AvgIpc) is 2.26. The maximum atomic E-state index is 10.7. The summed E-state index contributed by atoms with van der Waals surface area (Å²) in [6, 6.07) is 7.60. The quantitative estimate of drug-likeness (QED) is 0.751. The van der Waals surface area contributed by atoms with Crippen molar-refractivity contribution in [3.05, 3.63) is 29.8 Å². The van der Waals surface area contributed by atoms with Crippen molar-refractivity contribution in [3.63, 3.8) is 0 Å². The molecule has 0 aliphatic heterocycles. The first kappa shape index (κ1) is 12.1. The molecule has 0 bridgehead atoms. The molecular formula is C11H15NO2S. The van der Waals surface area contributed by atoms with Crippen molar-refractivity contribution in [1.82, 2.24) is 0 Å². The lowest BCUT2D eigenvalue weighted by Gasteiger charge is -2.07. The second-order valence-electron chi connectivity index (χ2n) is 3.27. The van der Waals surface area contributed by atoms with Crippen LogP contribution in [-0.4, -0.2) is 23.4 Å². The van der Waals surface area contributed by atoms with Gasteiger partial charge in [-0.1, -0.05) is 12.1 Å². The summed E-state index contributed by atoms with van der Waals surface area (Å²) in [5.41, 5.74) is 6.23. The molecule has 0 aliphatic carbocycles. The Morgan fingerprint density at radius 3 is 2.53 bits per heavy atom. The second kappa shape index (κ2) is 5.78. The first-order valence-corrected chi connectivity index (χ1v) is 5.79. The van der Waals surface area contributed by atoms with Gasteiger partial charge in [-0.2, -0.15) is 0 Å². The van der Waals surface area contributed by atoms with Gasteiger partial charge >= 0.3 is 5.97 Å². The summed E-state index contributed by atoms with van der Waals surface area (Å²) in [6.45, 7) is 2.34. The van der Waals surface area contributed by atoms with Crippen molar-refractivity contribution >= 4 is 17.7 Å². The van der Waals surface area contributed by atoms with Gasteiger partial charge in [0, 0.05) is 17.2 Å². The third-order valence-electron chi connectivity index (χ3n) is 2.14. The molecule has 1 aromatic carbocycles. The lowest BCUT2D eigenvalue weighted by atomic mass is 10.0. The molecule has 0 amide bonds. The van der Waals surface area contributed by atoms with E-state index in [1.807, 2.05) is 24.3 Å². The molecule has 15 heavy (non-hydrogen) atoms. The summed E-state index contributed by atoms with van der Waals surface area (Å²) in [5, 5.41) is 8.82. The number of rotatable bonds is 5. The largest absolute Gasteiger partial charge is 0.481 e. The fraction of sp³-hybridized carbons (Fsp3) is 0.364. The highest BCUT2D eigenvalue weighted by atomic mass is 32.2. The first-order chi connectivity index (χ1) is 7.15. The summed E-state index contributed by atoms with van der Waals surface area (Å²) >= 11 is 1.68. The first-order valence-electron chi connectivity index (χ1n) is 4.80. The lowest BCUT2D eigenvalue weighted by molar-refractivity contribution is -0.138. The molecule has 0 aliphatic rings. The maximum Gasteiger partial charge on any atom is 0.310 e. The Hall–Kier alpha value is -1.00. The van der Waals surface area contributed by atoms with E-state index in [4.69, 9.17) is 10.8 Å². The lowest BCUT2D eigenvalue weighted by Crippen LogP contribution is -2.07. The van der Waals surface area contributed by atoms with Gasteiger partial charge in [0.2, 0.25) is 0 Å². The number of aliphatic carboxylic acids is 1. The molecular weight excluding hydrogens is 210 g/mol. The van der Waals surface area contributed by atoms with Crippen molar-refractivity contribution in [2.75, 3.05) is 12.3 Å². The van der Waals surface area contributed by atoms with E-state index in [9.17, 15) is 4.79 Å². The highest BCUT2D eigenvalue weighted by Crippen LogP contribution is 2.21. The van der Waals surface area contributed by atoms with Gasteiger partial charge in [-0.25, -0.2) is 0 Å². The van der Waals surface area contributed by atoms with Crippen LogP contribution in [0.15, 0.2) is 29.2 Å². The standard InChI is InChI=1S/C11H15NO2S/c1-8(11(13)14)9-2-4-10(5-3-9)15-7-6-12/h2-5,8H,6-7,12H2,1H3,(H,13,14). The Morgan fingerprint density at radius 1 is 1.47 bits per heavy atom. The zero-order chi connectivity index (χ0) is 11.3. The molecule has 0 saturated carbocycles. The van der Waals surface area contributed by atoms with Crippen LogP contribution in [-0.2, 0) is 4.79 Å². The van der Waals surface area contributed by atoms with E-state index < -0.39 is 11.9 Å². The fourth-order valence-corrected chi connectivity index (χ4v) is 1.85. The Kier molecular flexibility index (Phi) is 4.65. The molecule has 0 fully saturated rings. The van der Waals surface area contributed by atoms with Crippen molar-refractivity contribution in [3.8, 4) is 0 Å². The van der Waals surface area contributed by atoms with Gasteiger partial charge in [0.05, 0.1) is 5.92 Å². The summed E-state index contributed by atoms with van der Waals surface area (Å²) in [7, 11) is 0. The van der Waals surface area contributed by atoms with Crippen LogP contribution in [0.3, 0.4) is 0 Å². The van der Waals surface area contributed by atoms with Crippen molar-refractivity contribution in [2.24, 2.45) is 5.73 Å². The fourth-order valence-electron chi connectivity index (χ4n) is 1.17. The summed E-state index contributed by atoms with van der Waals surface area (Å²) in [5.74, 6) is -0.357. The van der Waals surface area contributed by atoms with E-state index in [0.29, 0.717) is 6.54 Å². The molecule has 82 valence electrons. The molecule has 1 aromatic rings. The summed E-state index contributed by atoms with van der Waals surface area (Å²) < 4.78 is 0. The minimum atomic E-state index is -0.794. The summed E-state index contributed by atoms with van der Waals surface area (Å²) in [6.07, 6.45) is 0. The Balaban J connectivity index is 2.67. The highest BCUT2D eigenvalue weighted by molar-refractivity contribution is 7.99. The third kappa shape index (κ3) is 3.57. The molecule has 0 radical (unpaired) electrons. The van der Waals surface area contributed by atoms with Gasteiger partial charge in [0.25, 0.3) is 0 Å². The van der Waals surface area contributed by atoms with Crippen LogP contribution < -0.4 is 5.73 Å². The van der Waals surface area contributed by atoms with E-state index in [1.54, 1.807) is 18.7 Å². The highest BCUT2D eigenvalue weighted by Gasteiger charge is 2.12. The van der Waals surface area contributed by atoms with E-state index in [1.165, 1.54) is 0 Å². The van der Waals surface area contributed by atoms with Crippen molar-refractivity contribution in [2.45, 2.75) is 17.7 Å². The monoisotopic (exact) mass is 225 g/mol. The molecule has 1 rings (SSSR count). The second-order valence-corrected chi connectivity index (χ2v) is 4.43. The number of carbonyl (C=O) groups is 1. The predicted molar refractivity (Wildman–Crippen MR) is 62.3 cm³/mol. The molecule has 4 heteroatoms. The van der Waals surface area contributed by atoms with Gasteiger partial charge < -0.3 is 10.8 Å².